The molecule has 0 aliphatic rings. The summed E-state index contributed by atoms with van der Waals surface area (Å²) in [6, 6.07) is 42.8. The van der Waals surface area contributed by atoms with E-state index in [0.717, 1.165) is 45.9 Å². The fraction of sp³-hybridized carbons (Fsp3) is 0.279. The molecule has 0 saturated heterocycles. The van der Waals surface area contributed by atoms with E-state index in [1.165, 1.54) is 0 Å². The van der Waals surface area contributed by atoms with Gasteiger partial charge in [0.2, 0.25) is 5.91 Å². The summed E-state index contributed by atoms with van der Waals surface area (Å²) in [6.45, 7) is 0.734. The van der Waals surface area contributed by atoms with E-state index in [2.05, 4.69) is 0 Å². The van der Waals surface area contributed by atoms with Gasteiger partial charge in [-0.1, -0.05) is 140 Å². The molecule has 252 valence electrons. The molecular weight excluding hydrogens is 606 g/mol. The van der Waals surface area contributed by atoms with E-state index in [0.29, 0.717) is 19.4 Å². The van der Waals surface area contributed by atoms with E-state index < -0.39 is 12.0 Å². The molecule has 0 saturated carbocycles. The molecule has 0 fully saturated rings. The van der Waals surface area contributed by atoms with E-state index in [1.807, 2.05) is 133 Å². The SMILES string of the molecule is NCCCC[C@H](N)C(=O)C[C@@H](Cc1ccccc1)CN(CC(=O)Cc1cccc2ccccc12)C(=O)C(c1ccccc1)c1ccccc1. The van der Waals surface area contributed by atoms with Gasteiger partial charge in [-0.05, 0) is 64.8 Å². The van der Waals surface area contributed by atoms with Crippen LogP contribution < -0.4 is 11.5 Å². The fourth-order valence-electron chi connectivity index (χ4n) is 6.68. The Hall–Kier alpha value is -4.91. The number of benzene rings is 5. The van der Waals surface area contributed by atoms with E-state index >= 15 is 0 Å². The first-order valence-corrected chi connectivity index (χ1v) is 17.3. The van der Waals surface area contributed by atoms with Crippen molar-refractivity contribution in [2.24, 2.45) is 17.4 Å². The molecule has 5 aromatic carbocycles. The maximum absolute atomic E-state index is 14.9. The van der Waals surface area contributed by atoms with Gasteiger partial charge < -0.3 is 16.4 Å². The minimum Gasteiger partial charge on any atom is -0.334 e. The molecule has 49 heavy (non-hydrogen) atoms. The number of nitrogens with two attached hydrogens (primary N) is 2. The van der Waals surface area contributed by atoms with E-state index in [1.54, 1.807) is 4.90 Å². The van der Waals surface area contributed by atoms with Crippen LogP contribution in [0.25, 0.3) is 10.8 Å². The Bertz CT molecular complexity index is 1750. The van der Waals surface area contributed by atoms with Crippen LogP contribution in [0.1, 0.15) is 53.9 Å². The predicted molar refractivity (Wildman–Crippen MR) is 198 cm³/mol. The van der Waals surface area contributed by atoms with Crippen LogP contribution in [0.5, 0.6) is 0 Å². The number of rotatable bonds is 18. The highest BCUT2D eigenvalue weighted by Crippen LogP contribution is 2.29. The molecule has 6 heteroatoms. The van der Waals surface area contributed by atoms with Gasteiger partial charge in [-0.15, -0.1) is 0 Å². The van der Waals surface area contributed by atoms with Gasteiger partial charge >= 0.3 is 0 Å². The van der Waals surface area contributed by atoms with Crippen LogP contribution in [-0.2, 0) is 27.2 Å². The van der Waals surface area contributed by atoms with Crippen LogP contribution in [0.15, 0.2) is 133 Å². The number of carbonyl (C=O) groups is 3. The number of fused-ring (bicyclic) bond motifs is 1. The zero-order chi connectivity index (χ0) is 34.4. The third-order valence-corrected chi connectivity index (χ3v) is 9.18. The number of Topliss-reactive ketones (excluding diaryl/α,β-unsaturated/α-hetero) is 2. The molecule has 4 N–H and O–H groups in total. The molecule has 0 spiro atoms. The molecule has 0 unspecified atom stereocenters. The fourth-order valence-corrected chi connectivity index (χ4v) is 6.68. The average Bonchev–Trinajstić information content (AvgIpc) is 3.13. The van der Waals surface area contributed by atoms with Crippen molar-refractivity contribution in [3.8, 4) is 0 Å². The molecule has 5 aromatic rings. The molecule has 2 atom stereocenters. The highest BCUT2D eigenvalue weighted by molar-refractivity contribution is 5.95. The Labute approximate surface area is 290 Å². The average molecular weight is 654 g/mol. The first-order chi connectivity index (χ1) is 23.9. The molecule has 0 aromatic heterocycles. The molecule has 0 aliphatic heterocycles. The van der Waals surface area contributed by atoms with Gasteiger partial charge in [-0.2, -0.15) is 0 Å². The van der Waals surface area contributed by atoms with Crippen molar-refractivity contribution in [3.05, 3.63) is 156 Å². The van der Waals surface area contributed by atoms with Gasteiger partial charge in [0.15, 0.2) is 5.78 Å². The second-order valence-corrected chi connectivity index (χ2v) is 12.9. The molecule has 0 bridgehead atoms. The molecular formula is C43H47N3O3. The number of amides is 1. The van der Waals surface area contributed by atoms with Crippen LogP contribution in [0, 0.1) is 5.92 Å². The molecule has 0 heterocycles. The monoisotopic (exact) mass is 653 g/mol. The minimum atomic E-state index is -0.612. The summed E-state index contributed by atoms with van der Waals surface area (Å²) in [4.78, 5) is 44.1. The van der Waals surface area contributed by atoms with Crippen molar-refractivity contribution < 1.29 is 14.4 Å². The van der Waals surface area contributed by atoms with Crippen molar-refractivity contribution in [1.82, 2.24) is 4.90 Å². The predicted octanol–water partition coefficient (Wildman–Crippen LogP) is 6.89. The summed E-state index contributed by atoms with van der Waals surface area (Å²) >= 11 is 0. The number of hydrogen-bond donors (Lipinski definition) is 2. The van der Waals surface area contributed by atoms with Crippen molar-refractivity contribution >= 4 is 28.2 Å². The van der Waals surface area contributed by atoms with Gasteiger partial charge in [0.1, 0.15) is 5.78 Å². The molecule has 0 radical (unpaired) electrons. The van der Waals surface area contributed by atoms with Crippen molar-refractivity contribution in [2.75, 3.05) is 19.6 Å². The standard InChI is InChI=1S/C43H47N3O3/c44-26-13-12-25-40(45)41(48)28-33(27-32-15-4-1-5-16-32)30-46(31-38(47)29-37-23-14-22-34-17-10-11-24-39(34)37)43(49)42(35-18-6-2-7-19-35)36-20-8-3-9-21-36/h1-11,14-24,33,40,42H,12-13,25-31,44-45H2/t33-,40+/m1/s1. The Morgan fingerprint density at radius 1 is 0.673 bits per heavy atom. The van der Waals surface area contributed by atoms with Gasteiger partial charge in [-0.3, -0.25) is 14.4 Å². The molecule has 0 aliphatic carbocycles. The number of ketones is 2. The zero-order valence-electron chi connectivity index (χ0n) is 28.1. The van der Waals surface area contributed by atoms with Crippen LogP contribution >= 0.6 is 0 Å². The number of carbonyl (C=O) groups excluding carboxylic acids is 3. The summed E-state index contributed by atoms with van der Waals surface area (Å²) < 4.78 is 0. The van der Waals surface area contributed by atoms with E-state index in [4.69, 9.17) is 11.5 Å². The maximum atomic E-state index is 14.9. The lowest BCUT2D eigenvalue weighted by molar-refractivity contribution is -0.137. The Morgan fingerprint density at radius 3 is 1.92 bits per heavy atom. The minimum absolute atomic E-state index is 0.0323. The first-order valence-electron chi connectivity index (χ1n) is 17.3. The summed E-state index contributed by atoms with van der Waals surface area (Å²) in [5.74, 6) is -1.11. The Balaban J connectivity index is 1.48. The van der Waals surface area contributed by atoms with Crippen LogP contribution in [0.3, 0.4) is 0 Å². The summed E-state index contributed by atoms with van der Waals surface area (Å²) in [6.07, 6.45) is 3.16. The smallest absolute Gasteiger partial charge is 0.234 e. The van der Waals surface area contributed by atoms with Crippen molar-refractivity contribution in [1.29, 1.82) is 0 Å². The highest BCUT2D eigenvalue weighted by Gasteiger charge is 2.31. The third-order valence-electron chi connectivity index (χ3n) is 9.18. The van der Waals surface area contributed by atoms with Crippen LogP contribution in [0.4, 0.5) is 0 Å². The topological polar surface area (TPSA) is 106 Å². The second-order valence-electron chi connectivity index (χ2n) is 12.9. The summed E-state index contributed by atoms with van der Waals surface area (Å²) in [5, 5.41) is 2.09. The van der Waals surface area contributed by atoms with Crippen molar-refractivity contribution in [3.63, 3.8) is 0 Å². The van der Waals surface area contributed by atoms with Gasteiger partial charge in [0, 0.05) is 19.4 Å². The van der Waals surface area contributed by atoms with Crippen molar-refractivity contribution in [2.45, 2.75) is 50.5 Å². The van der Waals surface area contributed by atoms with Gasteiger partial charge in [0.05, 0.1) is 18.5 Å². The summed E-state index contributed by atoms with van der Waals surface area (Å²) in [5.41, 5.74) is 15.7. The lowest BCUT2D eigenvalue weighted by atomic mass is 9.87. The normalized spacial score (nSPS) is 12.5. The lowest BCUT2D eigenvalue weighted by Gasteiger charge is -2.31. The third kappa shape index (κ3) is 10.0. The first kappa shape index (κ1) is 35.4. The van der Waals surface area contributed by atoms with Crippen LogP contribution in [-0.4, -0.2) is 48.0 Å². The van der Waals surface area contributed by atoms with Gasteiger partial charge in [0.25, 0.3) is 0 Å². The molecule has 5 rings (SSSR count). The quantitative estimate of drug-likeness (QED) is 0.100. The zero-order valence-corrected chi connectivity index (χ0v) is 28.1. The number of nitrogens with zero attached hydrogens (tertiary/aromatic N) is 1. The van der Waals surface area contributed by atoms with E-state index in [9.17, 15) is 14.4 Å². The van der Waals surface area contributed by atoms with Crippen LogP contribution in [0.2, 0.25) is 0 Å². The lowest BCUT2D eigenvalue weighted by Crippen LogP contribution is -2.44. The number of unbranched alkanes of at least 4 members (excludes halogenated alkanes) is 1. The number of hydrogen-bond acceptors (Lipinski definition) is 5. The Morgan fingerprint density at radius 2 is 1.27 bits per heavy atom. The maximum Gasteiger partial charge on any atom is 0.234 e. The molecule has 6 nitrogen and oxygen atoms in total. The second kappa shape index (κ2) is 18.0. The highest BCUT2D eigenvalue weighted by atomic mass is 16.2. The Kier molecular flexibility index (Phi) is 13.0. The van der Waals surface area contributed by atoms with E-state index in [-0.39, 0.29) is 49.3 Å². The summed E-state index contributed by atoms with van der Waals surface area (Å²) in [7, 11) is 0. The van der Waals surface area contributed by atoms with Gasteiger partial charge in [-0.25, -0.2) is 0 Å². The largest absolute Gasteiger partial charge is 0.334 e. The molecule has 1 amide bonds.